The molecule has 8 nitrogen and oxygen atoms in total. The third-order valence-electron chi connectivity index (χ3n) is 4.82. The lowest BCUT2D eigenvalue weighted by Gasteiger charge is -2.13. The van der Waals surface area contributed by atoms with Crippen molar-refractivity contribution in [2.45, 2.75) is 9.79 Å². The molecular formula is C26H14Br4O8S. The molecule has 0 fully saturated rings. The lowest BCUT2D eigenvalue weighted by Crippen LogP contribution is -2.15. The Hall–Kier alpha value is -2.71. The second-order valence-corrected chi connectivity index (χ2v) is 12.8. The van der Waals surface area contributed by atoms with Gasteiger partial charge in [-0.3, -0.25) is 0 Å². The highest BCUT2D eigenvalue weighted by molar-refractivity contribution is 9.11. The summed E-state index contributed by atoms with van der Waals surface area (Å²) < 4.78 is 48.4. The van der Waals surface area contributed by atoms with Crippen LogP contribution in [0.4, 0.5) is 9.59 Å². The zero-order valence-electron chi connectivity index (χ0n) is 19.3. The predicted octanol–water partition coefficient (Wildman–Crippen LogP) is 8.72. The molecule has 0 aliphatic heterocycles. The highest BCUT2D eigenvalue weighted by Crippen LogP contribution is 2.41. The van der Waals surface area contributed by atoms with Crippen LogP contribution in [0.2, 0.25) is 0 Å². The van der Waals surface area contributed by atoms with Crippen molar-refractivity contribution in [3.8, 4) is 23.0 Å². The van der Waals surface area contributed by atoms with Crippen molar-refractivity contribution in [1.29, 1.82) is 0 Å². The Labute approximate surface area is 256 Å². The molecule has 200 valence electrons. The molecule has 0 saturated heterocycles. The first-order valence-corrected chi connectivity index (χ1v) is 15.3. The lowest BCUT2D eigenvalue weighted by atomic mass is 10.3. The van der Waals surface area contributed by atoms with Crippen molar-refractivity contribution in [2.24, 2.45) is 0 Å². The van der Waals surface area contributed by atoms with Gasteiger partial charge in [-0.15, -0.1) is 0 Å². The van der Waals surface area contributed by atoms with Gasteiger partial charge in [0.25, 0.3) is 0 Å². The van der Waals surface area contributed by atoms with Gasteiger partial charge in [0.15, 0.2) is 11.5 Å². The van der Waals surface area contributed by atoms with Crippen LogP contribution < -0.4 is 18.9 Å². The predicted molar refractivity (Wildman–Crippen MR) is 155 cm³/mol. The second kappa shape index (κ2) is 12.6. The highest BCUT2D eigenvalue weighted by atomic mass is 79.9. The first-order chi connectivity index (χ1) is 18.5. The van der Waals surface area contributed by atoms with E-state index in [4.69, 9.17) is 18.9 Å². The number of hydrogen-bond donors (Lipinski definition) is 0. The molecule has 0 bridgehead atoms. The average Bonchev–Trinajstić information content (AvgIpc) is 2.89. The van der Waals surface area contributed by atoms with Gasteiger partial charge < -0.3 is 18.9 Å². The molecule has 4 aromatic rings. The molecule has 0 unspecified atom stereocenters. The van der Waals surface area contributed by atoms with E-state index in [2.05, 4.69) is 63.7 Å². The normalized spacial score (nSPS) is 11.0. The maximum atomic E-state index is 13.4. The minimum absolute atomic E-state index is 0.0259. The highest BCUT2D eigenvalue weighted by Gasteiger charge is 2.25. The number of para-hydroxylation sites is 2. The second-order valence-electron chi connectivity index (χ2n) is 7.47. The summed E-state index contributed by atoms with van der Waals surface area (Å²) in [6, 6.07) is 21.8. The zero-order valence-corrected chi connectivity index (χ0v) is 26.4. The van der Waals surface area contributed by atoms with Crippen molar-refractivity contribution in [3.63, 3.8) is 0 Å². The van der Waals surface area contributed by atoms with Crippen LogP contribution in [0.5, 0.6) is 23.0 Å². The van der Waals surface area contributed by atoms with Crippen LogP contribution in [0.1, 0.15) is 0 Å². The van der Waals surface area contributed by atoms with Crippen LogP contribution in [-0.4, -0.2) is 20.7 Å². The van der Waals surface area contributed by atoms with Crippen LogP contribution >= 0.6 is 63.7 Å². The molecule has 0 atom stereocenters. The molecule has 0 N–H and O–H groups in total. The van der Waals surface area contributed by atoms with E-state index in [9.17, 15) is 18.0 Å². The van der Waals surface area contributed by atoms with Gasteiger partial charge in [0.2, 0.25) is 9.84 Å². The van der Waals surface area contributed by atoms with Crippen molar-refractivity contribution in [2.75, 3.05) is 0 Å². The summed E-state index contributed by atoms with van der Waals surface area (Å²) in [5.74, 6) is 0.618. The molecule has 0 aromatic heterocycles. The maximum absolute atomic E-state index is 13.4. The van der Waals surface area contributed by atoms with Gasteiger partial charge in [0, 0.05) is 0 Å². The van der Waals surface area contributed by atoms with E-state index in [1.807, 2.05) is 0 Å². The van der Waals surface area contributed by atoms with Crippen LogP contribution in [0, 0.1) is 0 Å². The van der Waals surface area contributed by atoms with E-state index in [-0.39, 0.29) is 50.7 Å². The third kappa shape index (κ3) is 7.28. The van der Waals surface area contributed by atoms with Gasteiger partial charge in [-0.05, 0) is 112 Å². The number of benzene rings is 4. The molecule has 13 heteroatoms. The summed E-state index contributed by atoms with van der Waals surface area (Å²) in [6.45, 7) is 0. The smallest absolute Gasteiger partial charge is 0.395 e. The van der Waals surface area contributed by atoms with Crippen molar-refractivity contribution in [3.05, 3.63) is 103 Å². The van der Waals surface area contributed by atoms with E-state index in [0.717, 1.165) is 0 Å². The molecule has 0 heterocycles. The van der Waals surface area contributed by atoms with E-state index in [1.165, 1.54) is 24.3 Å². The van der Waals surface area contributed by atoms with Gasteiger partial charge in [-0.1, -0.05) is 36.4 Å². The minimum Gasteiger partial charge on any atom is -0.395 e. The van der Waals surface area contributed by atoms with Gasteiger partial charge in [0.1, 0.15) is 11.5 Å². The monoisotopic (exact) mass is 802 g/mol. The molecular weight excluding hydrogens is 792 g/mol. The Balaban J connectivity index is 1.54. The Kier molecular flexibility index (Phi) is 9.49. The Morgan fingerprint density at radius 2 is 0.821 bits per heavy atom. The van der Waals surface area contributed by atoms with Crippen LogP contribution in [0.3, 0.4) is 0 Å². The number of hydrogen-bond acceptors (Lipinski definition) is 8. The van der Waals surface area contributed by atoms with Gasteiger partial charge in [-0.2, -0.15) is 0 Å². The number of carbonyl (C=O) groups is 2. The zero-order chi connectivity index (χ0) is 28.2. The molecule has 4 aromatic carbocycles. The number of sulfone groups is 1. The van der Waals surface area contributed by atoms with E-state index in [1.54, 1.807) is 60.7 Å². The Morgan fingerprint density at radius 3 is 1.13 bits per heavy atom. The van der Waals surface area contributed by atoms with Gasteiger partial charge in [-0.25, -0.2) is 18.0 Å². The molecule has 4 rings (SSSR count). The molecule has 0 aliphatic rings. The number of rotatable bonds is 6. The van der Waals surface area contributed by atoms with E-state index in [0.29, 0.717) is 0 Å². The molecule has 39 heavy (non-hydrogen) atoms. The number of carbonyl (C=O) groups excluding carboxylic acids is 2. The fraction of sp³-hybridized carbons (Fsp3) is 0. The fourth-order valence-electron chi connectivity index (χ4n) is 3.09. The lowest BCUT2D eigenvalue weighted by molar-refractivity contribution is 0.150. The van der Waals surface area contributed by atoms with Crippen molar-refractivity contribution < 1.29 is 37.0 Å². The van der Waals surface area contributed by atoms with Gasteiger partial charge in [0.05, 0.1) is 27.7 Å². The standard InChI is InChI=1S/C26H14Br4O8S/c27-19-11-17(12-20(28)23(19)37-25(31)35-15-7-3-1-4-8-15)39(33,34)18-13-21(29)24(22(30)14-18)38-26(32)36-16-9-5-2-6-10-16/h1-14H. The first-order valence-electron chi connectivity index (χ1n) is 10.7. The molecule has 0 aliphatic carbocycles. The molecule has 0 spiro atoms. The molecule has 0 radical (unpaired) electrons. The van der Waals surface area contributed by atoms with Gasteiger partial charge >= 0.3 is 12.3 Å². The SMILES string of the molecule is O=C(Oc1ccccc1)Oc1c(Br)cc(S(=O)(=O)c2cc(Br)c(OC(=O)Oc3ccccc3)c(Br)c2)cc1Br. The number of halogens is 4. The summed E-state index contributed by atoms with van der Waals surface area (Å²) in [4.78, 5) is 24.2. The average molecular weight is 806 g/mol. The number of ether oxygens (including phenoxy) is 4. The van der Waals surface area contributed by atoms with Crippen molar-refractivity contribution in [1.82, 2.24) is 0 Å². The Bertz CT molecular complexity index is 1480. The summed E-state index contributed by atoms with van der Waals surface area (Å²) >= 11 is 13.0. The summed E-state index contributed by atoms with van der Waals surface area (Å²) in [6.07, 6.45) is -2.01. The largest absolute Gasteiger partial charge is 0.519 e. The topological polar surface area (TPSA) is 105 Å². The summed E-state index contributed by atoms with van der Waals surface area (Å²) in [7, 11) is -4.08. The van der Waals surface area contributed by atoms with Crippen LogP contribution in [-0.2, 0) is 9.84 Å². The fourth-order valence-corrected chi connectivity index (χ4v) is 7.76. The van der Waals surface area contributed by atoms with E-state index < -0.39 is 22.1 Å². The van der Waals surface area contributed by atoms with Crippen LogP contribution in [0.25, 0.3) is 0 Å². The quantitative estimate of drug-likeness (QED) is 0.141. The Morgan fingerprint density at radius 1 is 0.513 bits per heavy atom. The first kappa shape index (κ1) is 29.3. The van der Waals surface area contributed by atoms with Crippen LogP contribution in [0.15, 0.2) is 113 Å². The maximum Gasteiger partial charge on any atom is 0.519 e. The third-order valence-corrected chi connectivity index (χ3v) is 8.89. The molecule has 0 amide bonds. The van der Waals surface area contributed by atoms with Crippen molar-refractivity contribution >= 4 is 85.9 Å². The summed E-state index contributed by atoms with van der Waals surface area (Å²) in [5.41, 5.74) is 0. The summed E-state index contributed by atoms with van der Waals surface area (Å²) in [5, 5.41) is 0. The molecule has 0 saturated carbocycles. The minimum atomic E-state index is -4.08. The van der Waals surface area contributed by atoms with E-state index >= 15 is 0 Å².